The predicted octanol–water partition coefficient (Wildman–Crippen LogP) is 6.82. The Kier molecular flexibility index (Phi) is 12.5. The molecular weight excluding hydrogens is 697 g/mol. The van der Waals surface area contributed by atoms with Crippen LogP contribution in [0.2, 0.25) is 0 Å². The van der Waals surface area contributed by atoms with Gasteiger partial charge in [-0.05, 0) is 61.8 Å². The molecule has 2 amide bonds. The van der Waals surface area contributed by atoms with Gasteiger partial charge in [0, 0.05) is 22.3 Å². The van der Waals surface area contributed by atoms with Crippen molar-refractivity contribution in [1.82, 2.24) is 4.90 Å². The van der Waals surface area contributed by atoms with Crippen LogP contribution in [0.15, 0.2) is 97.1 Å². The fraction of sp³-hybridized carbons (Fsp3) is 0.422. The molecule has 1 aliphatic carbocycles. The lowest BCUT2D eigenvalue weighted by Gasteiger charge is -2.53. The molecule has 2 unspecified atom stereocenters. The SMILES string of the molecule is COc1ccccc1C(O)(c1ccccc1OC)C(CC(C)C)N(C(=O)C1(C(N)=O)CC1)C(CC(C)C)C(O)(c1ccccc1OC)c1ccccc1OC. The molecule has 0 spiro atoms. The van der Waals surface area contributed by atoms with Gasteiger partial charge >= 0.3 is 0 Å². The van der Waals surface area contributed by atoms with Crippen molar-refractivity contribution < 1.29 is 38.7 Å². The van der Waals surface area contributed by atoms with E-state index in [1.807, 2.05) is 27.7 Å². The number of nitrogens with two attached hydrogens (primary N) is 1. The third kappa shape index (κ3) is 7.50. The van der Waals surface area contributed by atoms with Gasteiger partial charge in [-0.25, -0.2) is 0 Å². The number of amides is 2. The molecule has 1 aliphatic rings. The van der Waals surface area contributed by atoms with Crippen LogP contribution in [0.4, 0.5) is 0 Å². The molecule has 10 nitrogen and oxygen atoms in total. The van der Waals surface area contributed by atoms with Gasteiger partial charge in [0.15, 0.2) is 0 Å². The third-order valence-corrected chi connectivity index (χ3v) is 11.0. The first kappa shape index (κ1) is 41.1. The first-order valence-electron chi connectivity index (χ1n) is 18.9. The van der Waals surface area contributed by atoms with E-state index in [9.17, 15) is 15.0 Å². The van der Waals surface area contributed by atoms with Crippen LogP contribution in [0.5, 0.6) is 23.0 Å². The summed E-state index contributed by atoms with van der Waals surface area (Å²) in [5.74, 6) is -0.0865. The molecule has 0 saturated heterocycles. The van der Waals surface area contributed by atoms with Crippen molar-refractivity contribution in [3.05, 3.63) is 119 Å². The van der Waals surface area contributed by atoms with Gasteiger partial charge in [0.2, 0.25) is 11.8 Å². The highest BCUT2D eigenvalue weighted by molar-refractivity contribution is 6.07. The summed E-state index contributed by atoms with van der Waals surface area (Å²) in [5, 5.41) is 28.0. The van der Waals surface area contributed by atoms with Crippen LogP contribution in [0.1, 0.15) is 75.6 Å². The van der Waals surface area contributed by atoms with E-state index in [4.69, 9.17) is 24.7 Å². The molecule has 4 aromatic carbocycles. The fourth-order valence-corrected chi connectivity index (χ4v) is 8.15. The molecule has 0 heterocycles. The minimum absolute atomic E-state index is 0.120. The van der Waals surface area contributed by atoms with E-state index in [-0.39, 0.29) is 37.5 Å². The van der Waals surface area contributed by atoms with Crippen molar-refractivity contribution in [1.29, 1.82) is 0 Å². The van der Waals surface area contributed by atoms with Gasteiger partial charge in [0.05, 0.1) is 40.5 Å². The molecule has 2 atom stereocenters. The smallest absolute Gasteiger partial charge is 0.239 e. The summed E-state index contributed by atoms with van der Waals surface area (Å²) in [6.45, 7) is 8.02. The summed E-state index contributed by atoms with van der Waals surface area (Å²) in [5.41, 5.74) is 1.95. The van der Waals surface area contributed by atoms with E-state index in [0.717, 1.165) is 0 Å². The highest BCUT2D eigenvalue weighted by Gasteiger charge is 2.63. The second kappa shape index (κ2) is 16.8. The number of carbonyl (C=O) groups is 2. The maximum absolute atomic E-state index is 15.8. The number of primary amides is 1. The molecule has 0 radical (unpaired) electrons. The Bertz CT molecular complexity index is 1740. The van der Waals surface area contributed by atoms with Crippen LogP contribution in [0, 0.1) is 17.3 Å². The first-order chi connectivity index (χ1) is 26.3. The summed E-state index contributed by atoms with van der Waals surface area (Å²) < 4.78 is 23.7. The number of benzene rings is 4. The number of nitrogens with zero attached hydrogens (tertiary/aromatic N) is 1. The van der Waals surface area contributed by atoms with Gasteiger partial charge < -0.3 is 39.8 Å². The molecule has 1 fully saturated rings. The Morgan fingerprint density at radius 3 is 1.09 bits per heavy atom. The highest BCUT2D eigenvalue weighted by atomic mass is 16.5. The second-order valence-electron chi connectivity index (χ2n) is 15.3. The van der Waals surface area contributed by atoms with Gasteiger partial charge in [-0.3, -0.25) is 9.59 Å². The van der Waals surface area contributed by atoms with Crippen LogP contribution in [-0.4, -0.2) is 67.5 Å². The molecule has 0 aromatic heterocycles. The topological polar surface area (TPSA) is 141 Å². The van der Waals surface area contributed by atoms with Gasteiger partial charge in [0.1, 0.15) is 39.6 Å². The zero-order chi connectivity index (χ0) is 40.1. The third-order valence-electron chi connectivity index (χ3n) is 11.0. The molecule has 4 N–H and O–H groups in total. The number of rotatable bonds is 18. The average molecular weight is 753 g/mol. The van der Waals surface area contributed by atoms with E-state index >= 15 is 4.79 Å². The number of methoxy groups -OCH3 is 4. The molecule has 5 rings (SSSR count). The van der Waals surface area contributed by atoms with Crippen molar-refractivity contribution in [2.45, 2.75) is 76.7 Å². The predicted molar refractivity (Wildman–Crippen MR) is 212 cm³/mol. The number of hydrogen-bond donors (Lipinski definition) is 3. The van der Waals surface area contributed by atoms with Crippen molar-refractivity contribution in [2.24, 2.45) is 23.0 Å². The molecule has 294 valence electrons. The molecule has 1 saturated carbocycles. The zero-order valence-electron chi connectivity index (χ0n) is 33.2. The Hall–Kier alpha value is -5.06. The minimum Gasteiger partial charge on any atom is -0.496 e. The van der Waals surface area contributed by atoms with E-state index in [2.05, 4.69) is 0 Å². The van der Waals surface area contributed by atoms with Gasteiger partial charge in [0.25, 0.3) is 0 Å². The molecule has 0 aliphatic heterocycles. The highest BCUT2D eigenvalue weighted by Crippen LogP contribution is 2.55. The largest absolute Gasteiger partial charge is 0.496 e. The van der Waals surface area contributed by atoms with Crippen LogP contribution in [-0.2, 0) is 20.8 Å². The summed E-state index contributed by atoms with van der Waals surface area (Å²) in [4.78, 5) is 30.9. The number of aliphatic hydroxyl groups is 2. The fourth-order valence-electron chi connectivity index (χ4n) is 8.15. The lowest BCUT2D eigenvalue weighted by atomic mass is 9.70. The van der Waals surface area contributed by atoms with Gasteiger partial charge in [-0.1, -0.05) is 100 Å². The van der Waals surface area contributed by atoms with Gasteiger partial charge in [-0.15, -0.1) is 0 Å². The average Bonchev–Trinajstić information content (AvgIpc) is 4.02. The standard InChI is InChI=1S/C45H56N2O8/c1-29(2)27-39(44(50,31-17-9-13-21-35(31)52-5)32-18-10-14-22-36(32)53-6)47(42(49)43(25-26-43)41(46)48)40(28-30(3)4)45(51,33-19-11-15-23-37(33)54-7)34-20-12-16-24-38(34)55-8/h9-24,29-30,39-40,50-51H,25-28H2,1-8H3,(H2,46,48). The number of ether oxygens (including phenoxy) is 4. The number of hydrogen-bond acceptors (Lipinski definition) is 8. The molecule has 0 bridgehead atoms. The summed E-state index contributed by atoms with van der Waals surface area (Å²) in [7, 11) is 6.10. The Morgan fingerprint density at radius 2 is 0.873 bits per heavy atom. The van der Waals surface area contributed by atoms with Crippen molar-refractivity contribution in [3.8, 4) is 23.0 Å². The minimum atomic E-state index is -2.05. The maximum atomic E-state index is 15.8. The normalized spacial score (nSPS) is 14.9. The van der Waals surface area contributed by atoms with Crippen molar-refractivity contribution in [2.75, 3.05) is 28.4 Å². The maximum Gasteiger partial charge on any atom is 0.239 e. The first-order valence-corrected chi connectivity index (χ1v) is 18.9. The van der Waals surface area contributed by atoms with Crippen LogP contribution < -0.4 is 24.7 Å². The molecule has 4 aromatic rings. The van der Waals surface area contributed by atoms with Crippen LogP contribution in [0.25, 0.3) is 0 Å². The van der Waals surface area contributed by atoms with Crippen LogP contribution >= 0.6 is 0 Å². The van der Waals surface area contributed by atoms with E-state index < -0.39 is 40.5 Å². The Labute approximate surface area is 325 Å². The lowest BCUT2D eigenvalue weighted by molar-refractivity contribution is -0.164. The summed E-state index contributed by atoms with van der Waals surface area (Å²) >= 11 is 0. The number of carbonyl (C=O) groups excluding carboxylic acids is 2. The Balaban J connectivity index is 2.01. The quantitative estimate of drug-likeness (QED) is 0.0942. The van der Waals surface area contributed by atoms with E-state index in [1.54, 1.807) is 102 Å². The zero-order valence-corrected chi connectivity index (χ0v) is 33.2. The molecule has 55 heavy (non-hydrogen) atoms. The molecular formula is C45H56N2O8. The van der Waals surface area contributed by atoms with Crippen molar-refractivity contribution in [3.63, 3.8) is 0 Å². The van der Waals surface area contributed by atoms with Crippen LogP contribution in [0.3, 0.4) is 0 Å². The van der Waals surface area contributed by atoms with E-state index in [0.29, 0.717) is 45.3 Å². The lowest BCUT2D eigenvalue weighted by Crippen LogP contribution is -2.65. The molecule has 10 heteroatoms. The van der Waals surface area contributed by atoms with Gasteiger partial charge in [-0.2, -0.15) is 0 Å². The van der Waals surface area contributed by atoms with E-state index in [1.165, 1.54) is 28.4 Å². The summed E-state index contributed by atoms with van der Waals surface area (Å²) in [6.07, 6.45) is 0.888. The van der Waals surface area contributed by atoms with Crippen molar-refractivity contribution >= 4 is 11.8 Å². The Morgan fingerprint density at radius 1 is 0.600 bits per heavy atom. The second-order valence-corrected chi connectivity index (χ2v) is 15.3. The monoisotopic (exact) mass is 752 g/mol. The number of para-hydroxylation sites is 4. The summed E-state index contributed by atoms with van der Waals surface area (Å²) in [6, 6.07) is 26.2.